The molecule has 2 aromatic rings. The van der Waals surface area contributed by atoms with Crippen molar-refractivity contribution >= 4 is 11.8 Å². The summed E-state index contributed by atoms with van der Waals surface area (Å²) >= 11 is 0. The van der Waals surface area contributed by atoms with E-state index in [4.69, 9.17) is 4.74 Å². The van der Waals surface area contributed by atoms with E-state index in [0.717, 1.165) is 5.56 Å². The summed E-state index contributed by atoms with van der Waals surface area (Å²) in [5.41, 5.74) is 0.738. The Balaban J connectivity index is 2.16. The van der Waals surface area contributed by atoms with E-state index in [2.05, 4.69) is 5.32 Å². The third-order valence-corrected chi connectivity index (χ3v) is 4.00. The lowest BCUT2D eigenvalue weighted by molar-refractivity contribution is -0.142. The molecule has 0 spiro atoms. The van der Waals surface area contributed by atoms with E-state index in [1.807, 2.05) is 25.1 Å². The van der Waals surface area contributed by atoms with Crippen LogP contribution in [0.3, 0.4) is 0 Å². The Kier molecular flexibility index (Phi) is 7.14. The molecule has 0 aliphatic rings. The zero-order valence-corrected chi connectivity index (χ0v) is 14.9. The first-order valence-electron chi connectivity index (χ1n) is 8.48. The predicted molar refractivity (Wildman–Crippen MR) is 97.0 cm³/mol. The van der Waals surface area contributed by atoms with Gasteiger partial charge in [0.2, 0.25) is 5.91 Å². The van der Waals surface area contributed by atoms with Gasteiger partial charge in [0.05, 0.1) is 0 Å². The maximum atomic E-state index is 13.1. The topological polar surface area (TPSA) is 58.6 Å². The van der Waals surface area contributed by atoms with Gasteiger partial charge in [0, 0.05) is 13.6 Å². The summed E-state index contributed by atoms with van der Waals surface area (Å²) in [6.45, 7) is 1.85. The molecule has 1 atom stereocenters. The summed E-state index contributed by atoms with van der Waals surface area (Å²) in [5, 5.41) is 2.59. The Morgan fingerprint density at radius 3 is 2.35 bits per heavy atom. The quantitative estimate of drug-likeness (QED) is 0.789. The van der Waals surface area contributed by atoms with E-state index in [-0.39, 0.29) is 30.8 Å². The summed E-state index contributed by atoms with van der Waals surface area (Å²) in [6.07, 6.45) is 0.456. The van der Waals surface area contributed by atoms with Crippen molar-refractivity contribution < 1.29 is 18.7 Å². The van der Waals surface area contributed by atoms with Crippen LogP contribution in [-0.4, -0.2) is 36.4 Å². The van der Waals surface area contributed by atoms with Crippen LogP contribution in [0, 0.1) is 5.82 Å². The fourth-order valence-corrected chi connectivity index (χ4v) is 2.62. The number of halogens is 1. The molecule has 1 unspecified atom stereocenters. The molecule has 0 saturated heterocycles. The molecule has 0 fully saturated rings. The number of hydrogen-bond acceptors (Lipinski definition) is 3. The van der Waals surface area contributed by atoms with Crippen LogP contribution in [0.2, 0.25) is 0 Å². The number of amides is 2. The van der Waals surface area contributed by atoms with Gasteiger partial charge in [-0.25, -0.2) is 4.39 Å². The number of carbonyl (C=O) groups is 2. The highest BCUT2D eigenvalue weighted by molar-refractivity contribution is 5.88. The highest BCUT2D eigenvalue weighted by Gasteiger charge is 2.28. The zero-order chi connectivity index (χ0) is 18.9. The molecule has 2 rings (SSSR count). The minimum Gasteiger partial charge on any atom is -0.484 e. The number of rotatable bonds is 8. The van der Waals surface area contributed by atoms with Crippen molar-refractivity contribution in [1.29, 1.82) is 0 Å². The van der Waals surface area contributed by atoms with Crippen molar-refractivity contribution in [2.75, 3.05) is 13.7 Å². The molecular weight excluding hydrogens is 335 g/mol. The molecule has 2 aromatic carbocycles. The van der Waals surface area contributed by atoms with Crippen molar-refractivity contribution in [2.45, 2.75) is 25.9 Å². The van der Waals surface area contributed by atoms with Gasteiger partial charge in [0.15, 0.2) is 6.61 Å². The van der Waals surface area contributed by atoms with Gasteiger partial charge in [-0.3, -0.25) is 9.59 Å². The molecule has 0 saturated carbocycles. The Morgan fingerprint density at radius 2 is 1.77 bits per heavy atom. The predicted octanol–water partition coefficient (Wildman–Crippen LogP) is 2.76. The smallest absolute Gasteiger partial charge is 0.261 e. The van der Waals surface area contributed by atoms with Crippen molar-refractivity contribution in [3.05, 3.63) is 66.0 Å². The molecule has 0 heterocycles. The number of hydrogen-bond donors (Lipinski definition) is 1. The van der Waals surface area contributed by atoms with E-state index < -0.39 is 6.04 Å². The zero-order valence-electron chi connectivity index (χ0n) is 14.9. The van der Waals surface area contributed by atoms with Crippen molar-refractivity contribution in [2.24, 2.45) is 0 Å². The average Bonchev–Trinajstić information content (AvgIpc) is 2.68. The summed E-state index contributed by atoms with van der Waals surface area (Å²) < 4.78 is 18.7. The third kappa shape index (κ3) is 5.31. The normalized spacial score (nSPS) is 11.5. The van der Waals surface area contributed by atoms with Crippen LogP contribution in [0.25, 0.3) is 0 Å². The fraction of sp³-hybridized carbons (Fsp3) is 0.300. The number of likely N-dealkylation sites (N-methyl/N-ethyl adjacent to an activating group) is 1. The Morgan fingerprint density at radius 1 is 1.12 bits per heavy atom. The minimum absolute atomic E-state index is 0.182. The molecule has 138 valence electrons. The number of ether oxygens (including phenoxy) is 1. The van der Waals surface area contributed by atoms with Crippen LogP contribution in [0.1, 0.15) is 18.9 Å². The van der Waals surface area contributed by atoms with Crippen molar-refractivity contribution in [3.8, 4) is 5.75 Å². The molecule has 0 aliphatic heterocycles. The van der Waals surface area contributed by atoms with Gasteiger partial charge < -0.3 is 15.0 Å². The van der Waals surface area contributed by atoms with Crippen LogP contribution in [0.4, 0.5) is 4.39 Å². The molecule has 0 radical (unpaired) electrons. The maximum Gasteiger partial charge on any atom is 0.261 e. The van der Waals surface area contributed by atoms with Gasteiger partial charge >= 0.3 is 0 Å². The highest BCUT2D eigenvalue weighted by atomic mass is 19.1. The number of nitrogens with one attached hydrogen (secondary N) is 1. The second-order valence-corrected chi connectivity index (χ2v) is 5.79. The SMILES string of the molecule is CCC(C(=O)NC)N(Cc1ccc(F)cc1)C(=O)COc1ccccc1. The lowest BCUT2D eigenvalue weighted by Crippen LogP contribution is -2.49. The number of nitrogens with zero attached hydrogens (tertiary/aromatic N) is 1. The molecule has 5 nitrogen and oxygen atoms in total. The van der Waals surface area contributed by atoms with Crippen molar-refractivity contribution in [3.63, 3.8) is 0 Å². The van der Waals surface area contributed by atoms with E-state index in [1.165, 1.54) is 24.1 Å². The van der Waals surface area contributed by atoms with Gasteiger partial charge in [-0.2, -0.15) is 0 Å². The number of para-hydroxylation sites is 1. The van der Waals surface area contributed by atoms with Gasteiger partial charge in [0.25, 0.3) is 5.91 Å². The first-order chi connectivity index (χ1) is 12.5. The average molecular weight is 358 g/mol. The van der Waals surface area contributed by atoms with E-state index in [9.17, 15) is 14.0 Å². The first kappa shape index (κ1) is 19.4. The Bertz CT molecular complexity index is 720. The van der Waals surface area contributed by atoms with Gasteiger partial charge in [-0.05, 0) is 36.2 Å². The van der Waals surface area contributed by atoms with Gasteiger partial charge in [-0.1, -0.05) is 37.3 Å². The monoisotopic (exact) mass is 358 g/mol. The van der Waals surface area contributed by atoms with Crippen molar-refractivity contribution in [1.82, 2.24) is 10.2 Å². The third-order valence-electron chi connectivity index (χ3n) is 4.00. The van der Waals surface area contributed by atoms with Crippen LogP contribution in [0.15, 0.2) is 54.6 Å². The molecule has 6 heteroatoms. The molecule has 0 bridgehead atoms. The maximum absolute atomic E-state index is 13.1. The number of carbonyl (C=O) groups excluding carboxylic acids is 2. The van der Waals surface area contributed by atoms with E-state index >= 15 is 0 Å². The Hall–Kier alpha value is -2.89. The first-order valence-corrected chi connectivity index (χ1v) is 8.48. The summed E-state index contributed by atoms with van der Waals surface area (Å²) in [4.78, 5) is 26.4. The molecule has 26 heavy (non-hydrogen) atoms. The molecule has 0 aliphatic carbocycles. The molecule has 1 N–H and O–H groups in total. The second-order valence-electron chi connectivity index (χ2n) is 5.79. The largest absolute Gasteiger partial charge is 0.484 e. The second kappa shape index (κ2) is 9.56. The summed E-state index contributed by atoms with van der Waals surface area (Å²) in [5.74, 6) is -0.329. The number of benzene rings is 2. The van der Waals surface area contributed by atoms with Gasteiger partial charge in [-0.15, -0.1) is 0 Å². The standard InChI is InChI=1S/C20H23FN2O3/c1-3-18(20(25)22-2)23(13-15-9-11-16(21)12-10-15)19(24)14-26-17-7-5-4-6-8-17/h4-12,18H,3,13-14H2,1-2H3,(H,22,25). The van der Waals surface area contributed by atoms with Gasteiger partial charge in [0.1, 0.15) is 17.6 Å². The van der Waals surface area contributed by atoms with Crippen LogP contribution in [-0.2, 0) is 16.1 Å². The minimum atomic E-state index is -0.628. The van der Waals surface area contributed by atoms with E-state index in [1.54, 1.807) is 24.3 Å². The Labute approximate surface area is 152 Å². The van der Waals surface area contributed by atoms with Crippen LogP contribution in [0.5, 0.6) is 5.75 Å². The highest BCUT2D eigenvalue weighted by Crippen LogP contribution is 2.14. The van der Waals surface area contributed by atoms with Crippen LogP contribution < -0.4 is 10.1 Å². The van der Waals surface area contributed by atoms with Crippen LogP contribution >= 0.6 is 0 Å². The lowest BCUT2D eigenvalue weighted by atomic mass is 10.1. The lowest BCUT2D eigenvalue weighted by Gasteiger charge is -2.30. The summed E-state index contributed by atoms with van der Waals surface area (Å²) in [7, 11) is 1.53. The molecular formula is C20H23FN2O3. The molecule has 2 amide bonds. The fourth-order valence-electron chi connectivity index (χ4n) is 2.62. The molecule has 0 aromatic heterocycles. The summed E-state index contributed by atoms with van der Waals surface area (Å²) in [6, 6.07) is 14.2. The van der Waals surface area contributed by atoms with E-state index in [0.29, 0.717) is 12.2 Å².